The summed E-state index contributed by atoms with van der Waals surface area (Å²) in [6.45, 7) is 0. The summed E-state index contributed by atoms with van der Waals surface area (Å²) in [5.74, 6) is -1.28. The first-order valence-corrected chi connectivity index (χ1v) is 9.19. The Morgan fingerprint density at radius 3 is 2.64 bits per heavy atom. The Kier molecular flexibility index (Phi) is 5.97. The number of carboxylic acid groups (broad SMARTS) is 1. The Bertz CT molecular complexity index is 1050. The number of aliphatic carboxylic acids is 1. The number of nitrogens with zero attached hydrogens (tertiary/aromatic N) is 3. The minimum atomic E-state index is -1.28. The van der Waals surface area contributed by atoms with Crippen molar-refractivity contribution in [3.8, 4) is 11.3 Å². The zero-order chi connectivity index (χ0) is 20.1. The molecular formula is C18H13ClN4O4S. The number of hydrazone groups is 1. The summed E-state index contributed by atoms with van der Waals surface area (Å²) >= 11 is 7.12. The van der Waals surface area contributed by atoms with Crippen LogP contribution in [0.2, 0.25) is 5.02 Å². The molecule has 0 saturated carbocycles. The molecule has 142 valence electrons. The number of halogens is 1. The predicted octanol–water partition coefficient (Wildman–Crippen LogP) is 4.47. The molecule has 0 aliphatic heterocycles. The summed E-state index contributed by atoms with van der Waals surface area (Å²) in [5, 5.41) is 27.2. The van der Waals surface area contributed by atoms with Crippen molar-refractivity contribution in [2.75, 3.05) is 5.43 Å². The second-order valence-corrected chi connectivity index (χ2v) is 6.88. The quantitative estimate of drug-likeness (QED) is 0.333. The Morgan fingerprint density at radius 1 is 1.25 bits per heavy atom. The molecule has 3 aromatic rings. The van der Waals surface area contributed by atoms with Gasteiger partial charge < -0.3 is 5.11 Å². The molecule has 2 N–H and O–H groups in total. The van der Waals surface area contributed by atoms with Crippen LogP contribution in [0.4, 0.5) is 10.8 Å². The summed E-state index contributed by atoms with van der Waals surface area (Å²) in [5.41, 5.74) is 4.00. The number of aromatic nitrogens is 1. The van der Waals surface area contributed by atoms with Gasteiger partial charge in [0.2, 0.25) is 5.13 Å². The van der Waals surface area contributed by atoms with E-state index in [4.69, 9.17) is 11.6 Å². The summed E-state index contributed by atoms with van der Waals surface area (Å²) in [6, 6.07) is 13.1. The van der Waals surface area contributed by atoms with Crippen molar-refractivity contribution in [3.05, 3.63) is 74.6 Å². The highest BCUT2D eigenvalue weighted by Gasteiger charge is 2.18. The van der Waals surface area contributed by atoms with E-state index in [1.165, 1.54) is 29.5 Å². The second-order valence-electron chi connectivity index (χ2n) is 5.58. The lowest BCUT2D eigenvalue weighted by molar-refractivity contribution is -0.385. The molecule has 0 spiro atoms. The molecule has 0 bridgehead atoms. The van der Waals surface area contributed by atoms with Gasteiger partial charge in [0.05, 0.1) is 10.6 Å². The van der Waals surface area contributed by atoms with Gasteiger partial charge in [0.25, 0.3) is 5.69 Å². The van der Waals surface area contributed by atoms with E-state index in [1.54, 1.807) is 23.6 Å². The molecule has 0 fully saturated rings. The van der Waals surface area contributed by atoms with Crippen LogP contribution < -0.4 is 5.43 Å². The van der Waals surface area contributed by atoms with E-state index < -0.39 is 10.9 Å². The molecule has 0 radical (unpaired) electrons. The van der Waals surface area contributed by atoms with E-state index in [9.17, 15) is 20.0 Å². The summed E-state index contributed by atoms with van der Waals surface area (Å²) in [6.07, 6.45) is -0.200. The monoisotopic (exact) mass is 416 g/mol. The number of rotatable bonds is 7. The molecule has 3 rings (SSSR count). The van der Waals surface area contributed by atoms with Crippen molar-refractivity contribution >= 4 is 45.4 Å². The first kappa shape index (κ1) is 19.5. The van der Waals surface area contributed by atoms with Crippen LogP contribution >= 0.6 is 22.9 Å². The van der Waals surface area contributed by atoms with Gasteiger partial charge in [-0.3, -0.25) is 15.5 Å². The Hall–Kier alpha value is -3.30. The van der Waals surface area contributed by atoms with E-state index in [0.717, 1.165) is 5.56 Å². The molecule has 10 heteroatoms. The highest BCUT2D eigenvalue weighted by Crippen LogP contribution is 2.26. The highest BCUT2D eigenvalue weighted by molar-refractivity contribution is 7.14. The van der Waals surface area contributed by atoms with Crippen LogP contribution in [0, 0.1) is 10.1 Å². The molecule has 0 atom stereocenters. The van der Waals surface area contributed by atoms with Gasteiger partial charge in [0.1, 0.15) is 5.71 Å². The second kappa shape index (κ2) is 8.59. The van der Waals surface area contributed by atoms with Crippen LogP contribution in [-0.2, 0) is 11.2 Å². The van der Waals surface area contributed by atoms with Gasteiger partial charge in [-0.05, 0) is 12.1 Å². The third-order valence-electron chi connectivity index (χ3n) is 3.72. The zero-order valence-electron chi connectivity index (χ0n) is 14.2. The standard InChI is InChI=1S/C18H13ClN4O4S/c19-13-7-5-11(6-8-13)15-10-28-18(20-15)22-21-14(17(24)25)9-12-3-1-2-4-16(12)23(26)27/h1-8,10H,9H2,(H,20,22)(H,24,25)/b21-14-. The van der Waals surface area contributed by atoms with Gasteiger partial charge in [-0.2, -0.15) is 5.10 Å². The van der Waals surface area contributed by atoms with Gasteiger partial charge in [0, 0.05) is 34.0 Å². The van der Waals surface area contributed by atoms with Crippen LogP contribution in [0.25, 0.3) is 11.3 Å². The minimum Gasteiger partial charge on any atom is -0.477 e. The van der Waals surface area contributed by atoms with Crippen LogP contribution in [0.15, 0.2) is 59.0 Å². The molecule has 2 aromatic carbocycles. The van der Waals surface area contributed by atoms with E-state index in [2.05, 4.69) is 15.5 Å². The molecule has 0 saturated heterocycles. The molecule has 1 heterocycles. The number of carbonyl (C=O) groups is 1. The summed E-state index contributed by atoms with van der Waals surface area (Å²) < 4.78 is 0. The van der Waals surface area contributed by atoms with Crippen molar-refractivity contribution < 1.29 is 14.8 Å². The van der Waals surface area contributed by atoms with Gasteiger partial charge in [-0.25, -0.2) is 9.78 Å². The van der Waals surface area contributed by atoms with Crippen molar-refractivity contribution in [2.24, 2.45) is 5.10 Å². The Morgan fingerprint density at radius 2 is 1.96 bits per heavy atom. The maximum Gasteiger partial charge on any atom is 0.352 e. The number of nitro groups is 1. The van der Waals surface area contributed by atoms with Gasteiger partial charge in [0.15, 0.2) is 0 Å². The molecule has 0 unspecified atom stereocenters. The molecule has 0 aliphatic rings. The third-order valence-corrected chi connectivity index (χ3v) is 4.72. The predicted molar refractivity (Wildman–Crippen MR) is 108 cm³/mol. The molecule has 28 heavy (non-hydrogen) atoms. The lowest BCUT2D eigenvalue weighted by Crippen LogP contribution is -2.18. The first-order valence-electron chi connectivity index (χ1n) is 7.93. The van der Waals surface area contributed by atoms with E-state index in [-0.39, 0.29) is 23.4 Å². The zero-order valence-corrected chi connectivity index (χ0v) is 15.8. The smallest absolute Gasteiger partial charge is 0.352 e. The number of nitro benzene ring substituents is 1. The minimum absolute atomic E-state index is 0.157. The lowest BCUT2D eigenvalue weighted by atomic mass is 10.1. The number of benzene rings is 2. The number of hydrogen-bond acceptors (Lipinski definition) is 7. The summed E-state index contributed by atoms with van der Waals surface area (Å²) in [7, 11) is 0. The van der Waals surface area contributed by atoms with E-state index >= 15 is 0 Å². The average Bonchev–Trinajstić information content (AvgIpc) is 3.14. The lowest BCUT2D eigenvalue weighted by Gasteiger charge is -2.04. The fourth-order valence-corrected chi connectivity index (χ4v) is 3.16. The fourth-order valence-electron chi connectivity index (χ4n) is 2.38. The van der Waals surface area contributed by atoms with Gasteiger partial charge in [-0.15, -0.1) is 11.3 Å². The van der Waals surface area contributed by atoms with Crippen LogP contribution in [0.3, 0.4) is 0 Å². The molecule has 0 aliphatic carbocycles. The van der Waals surface area contributed by atoms with Crippen LogP contribution in [0.1, 0.15) is 5.56 Å². The van der Waals surface area contributed by atoms with Crippen molar-refractivity contribution in [2.45, 2.75) is 6.42 Å². The number of carboxylic acids is 1. The van der Waals surface area contributed by atoms with Crippen molar-refractivity contribution in [1.29, 1.82) is 0 Å². The van der Waals surface area contributed by atoms with Crippen molar-refractivity contribution in [1.82, 2.24) is 4.98 Å². The molecular weight excluding hydrogens is 404 g/mol. The fraction of sp³-hybridized carbons (Fsp3) is 0.0556. The number of para-hydroxylation sites is 1. The van der Waals surface area contributed by atoms with E-state index in [1.807, 2.05) is 12.1 Å². The van der Waals surface area contributed by atoms with Crippen LogP contribution in [-0.4, -0.2) is 26.7 Å². The Labute approximate surface area is 168 Å². The van der Waals surface area contributed by atoms with Crippen molar-refractivity contribution in [3.63, 3.8) is 0 Å². The molecule has 8 nitrogen and oxygen atoms in total. The first-order chi connectivity index (χ1) is 13.4. The largest absolute Gasteiger partial charge is 0.477 e. The maximum atomic E-state index is 11.5. The number of nitrogens with one attached hydrogen (secondary N) is 1. The molecule has 0 amide bonds. The van der Waals surface area contributed by atoms with Gasteiger partial charge in [-0.1, -0.05) is 41.9 Å². The number of thiazole rings is 1. The summed E-state index contributed by atoms with van der Waals surface area (Å²) in [4.78, 5) is 26.4. The number of anilines is 1. The molecule has 1 aromatic heterocycles. The normalized spacial score (nSPS) is 11.2. The van der Waals surface area contributed by atoms with Gasteiger partial charge >= 0.3 is 5.97 Å². The average molecular weight is 417 g/mol. The van der Waals surface area contributed by atoms with E-state index in [0.29, 0.717) is 15.8 Å². The topological polar surface area (TPSA) is 118 Å². The number of hydrogen-bond donors (Lipinski definition) is 2. The third kappa shape index (κ3) is 4.70. The highest BCUT2D eigenvalue weighted by atomic mass is 35.5. The SMILES string of the molecule is O=C(O)/C(Cc1ccccc1[N+](=O)[O-])=N\Nc1nc(-c2ccc(Cl)cc2)cs1. The maximum absolute atomic E-state index is 11.5. The van der Waals surface area contributed by atoms with Crippen LogP contribution in [0.5, 0.6) is 0 Å². The Balaban J connectivity index is 1.78.